The third-order valence-corrected chi connectivity index (χ3v) is 3.35. The maximum atomic E-state index is 6.16. The summed E-state index contributed by atoms with van der Waals surface area (Å²) in [7, 11) is 3.86. The lowest BCUT2D eigenvalue weighted by Crippen LogP contribution is -2.21. The van der Waals surface area contributed by atoms with Gasteiger partial charge in [-0.05, 0) is 12.1 Å². The van der Waals surface area contributed by atoms with Gasteiger partial charge in [-0.2, -0.15) is 5.10 Å². The van der Waals surface area contributed by atoms with E-state index in [-0.39, 0.29) is 0 Å². The van der Waals surface area contributed by atoms with Gasteiger partial charge in [-0.3, -0.25) is 4.68 Å². The number of nitrogens with zero attached hydrogens (tertiary/aromatic N) is 3. The Morgan fingerprint density at radius 1 is 1.53 bits per heavy atom. The van der Waals surface area contributed by atoms with Gasteiger partial charge in [0.15, 0.2) is 0 Å². The molecule has 0 unspecified atom stereocenters. The summed E-state index contributed by atoms with van der Waals surface area (Å²) in [5.41, 5.74) is 8.50. The molecule has 0 radical (unpaired) electrons. The predicted molar refractivity (Wildman–Crippen MR) is 82.7 cm³/mol. The highest BCUT2D eigenvalue weighted by atomic mass is 35.5. The first-order valence-corrected chi connectivity index (χ1v) is 6.54. The quantitative estimate of drug-likeness (QED) is 0.879. The van der Waals surface area contributed by atoms with Crippen molar-refractivity contribution in [1.29, 1.82) is 0 Å². The molecule has 0 amide bonds. The number of aryl methyl sites for hydroxylation is 1. The number of anilines is 1. The van der Waals surface area contributed by atoms with Gasteiger partial charge in [0.1, 0.15) is 4.99 Å². The van der Waals surface area contributed by atoms with Crippen LogP contribution in [0.4, 0.5) is 5.69 Å². The van der Waals surface area contributed by atoms with Gasteiger partial charge in [0, 0.05) is 38.1 Å². The van der Waals surface area contributed by atoms with Crippen LogP contribution < -0.4 is 10.6 Å². The zero-order valence-corrected chi connectivity index (χ0v) is 12.4. The van der Waals surface area contributed by atoms with E-state index < -0.39 is 0 Å². The maximum Gasteiger partial charge on any atom is 0.107 e. The summed E-state index contributed by atoms with van der Waals surface area (Å²) in [5, 5.41) is 4.72. The zero-order chi connectivity index (χ0) is 14.0. The molecule has 0 saturated heterocycles. The third kappa shape index (κ3) is 3.05. The second kappa shape index (κ2) is 5.59. The van der Waals surface area contributed by atoms with Crippen LogP contribution in [0.3, 0.4) is 0 Å². The van der Waals surface area contributed by atoms with Gasteiger partial charge in [-0.1, -0.05) is 29.9 Å². The Bertz CT molecular complexity index is 608. The lowest BCUT2D eigenvalue weighted by molar-refractivity contribution is 0.766. The number of halogens is 1. The third-order valence-electron chi connectivity index (χ3n) is 2.83. The fourth-order valence-electron chi connectivity index (χ4n) is 1.99. The number of rotatable bonds is 4. The molecule has 0 spiro atoms. The minimum Gasteiger partial charge on any atom is -0.389 e. The van der Waals surface area contributed by atoms with Gasteiger partial charge in [0.05, 0.1) is 16.8 Å². The van der Waals surface area contributed by atoms with Crippen molar-refractivity contribution in [3.8, 4) is 0 Å². The lowest BCUT2D eigenvalue weighted by Gasteiger charge is -2.22. The van der Waals surface area contributed by atoms with Crippen LogP contribution in [0.15, 0.2) is 30.6 Å². The molecule has 100 valence electrons. The molecule has 2 aromatic rings. The molecule has 1 aromatic heterocycles. The fourth-order valence-corrected chi connectivity index (χ4v) is 2.53. The van der Waals surface area contributed by atoms with E-state index in [4.69, 9.17) is 29.6 Å². The molecule has 0 aliphatic heterocycles. The van der Waals surface area contributed by atoms with Crippen molar-refractivity contribution in [1.82, 2.24) is 9.78 Å². The van der Waals surface area contributed by atoms with Crippen LogP contribution in [-0.2, 0) is 13.6 Å². The molecular weight excluding hydrogens is 280 g/mol. The van der Waals surface area contributed by atoms with Crippen LogP contribution in [0.2, 0.25) is 5.02 Å². The Morgan fingerprint density at radius 2 is 2.26 bits per heavy atom. The van der Waals surface area contributed by atoms with E-state index in [2.05, 4.69) is 10.00 Å². The van der Waals surface area contributed by atoms with E-state index in [0.29, 0.717) is 22.1 Å². The Hall–Kier alpha value is -1.59. The summed E-state index contributed by atoms with van der Waals surface area (Å²) in [5.74, 6) is 0. The smallest absolute Gasteiger partial charge is 0.107 e. The minimum atomic E-state index is 0.304. The van der Waals surface area contributed by atoms with Gasteiger partial charge in [-0.15, -0.1) is 0 Å². The van der Waals surface area contributed by atoms with Gasteiger partial charge < -0.3 is 10.6 Å². The molecule has 6 heteroatoms. The second-order valence-corrected chi connectivity index (χ2v) is 5.22. The summed E-state index contributed by atoms with van der Waals surface area (Å²) >= 11 is 11.2. The van der Waals surface area contributed by atoms with Gasteiger partial charge in [0.2, 0.25) is 0 Å². The lowest BCUT2D eigenvalue weighted by atomic mass is 10.1. The maximum absolute atomic E-state index is 6.16. The van der Waals surface area contributed by atoms with Crippen LogP contribution in [0.25, 0.3) is 0 Å². The van der Waals surface area contributed by atoms with Crippen molar-refractivity contribution < 1.29 is 0 Å². The SMILES string of the molecule is CN(Cc1cnn(C)c1)c1cccc(Cl)c1C(N)=S. The molecule has 2 rings (SSSR count). The van der Waals surface area contributed by atoms with Gasteiger partial charge in [0.25, 0.3) is 0 Å². The first-order valence-electron chi connectivity index (χ1n) is 5.76. The van der Waals surface area contributed by atoms with Crippen LogP contribution in [0.1, 0.15) is 11.1 Å². The van der Waals surface area contributed by atoms with E-state index >= 15 is 0 Å². The molecule has 1 heterocycles. The van der Waals surface area contributed by atoms with E-state index in [1.807, 2.05) is 38.6 Å². The summed E-state index contributed by atoms with van der Waals surface area (Å²) in [4.78, 5) is 2.36. The van der Waals surface area contributed by atoms with Crippen molar-refractivity contribution in [3.05, 3.63) is 46.7 Å². The topological polar surface area (TPSA) is 47.1 Å². The van der Waals surface area contributed by atoms with E-state index in [0.717, 1.165) is 11.3 Å². The average Bonchev–Trinajstić information content (AvgIpc) is 2.73. The van der Waals surface area contributed by atoms with E-state index in [1.165, 1.54) is 0 Å². The zero-order valence-electron chi connectivity index (χ0n) is 10.8. The molecule has 1 aromatic carbocycles. The largest absolute Gasteiger partial charge is 0.389 e. The first kappa shape index (κ1) is 13.8. The Balaban J connectivity index is 2.31. The summed E-state index contributed by atoms with van der Waals surface area (Å²) in [6.07, 6.45) is 3.81. The monoisotopic (exact) mass is 294 g/mol. The fraction of sp³-hybridized carbons (Fsp3) is 0.231. The molecule has 4 nitrogen and oxygen atoms in total. The van der Waals surface area contributed by atoms with Crippen molar-refractivity contribution in [3.63, 3.8) is 0 Å². The van der Waals surface area contributed by atoms with Crippen molar-refractivity contribution in [2.75, 3.05) is 11.9 Å². The molecule has 0 aliphatic carbocycles. The molecule has 2 N–H and O–H groups in total. The number of nitrogens with two attached hydrogens (primary N) is 1. The molecule has 0 saturated carbocycles. The number of thiocarbonyl (C=S) groups is 1. The van der Waals surface area contributed by atoms with Crippen LogP contribution in [-0.4, -0.2) is 21.8 Å². The highest BCUT2D eigenvalue weighted by Crippen LogP contribution is 2.27. The molecule has 0 aliphatic rings. The second-order valence-electron chi connectivity index (χ2n) is 4.38. The standard InChI is InChI=1S/C13H15ClN4S/c1-17(7-9-6-16-18(2)8-9)11-5-3-4-10(14)12(11)13(15)19/h3-6,8H,7H2,1-2H3,(H2,15,19). The minimum absolute atomic E-state index is 0.304. The first-order chi connectivity index (χ1) is 8.99. The highest BCUT2D eigenvalue weighted by molar-refractivity contribution is 7.80. The summed E-state index contributed by atoms with van der Waals surface area (Å²) in [6, 6.07) is 5.63. The molecule has 0 atom stereocenters. The van der Waals surface area contributed by atoms with Gasteiger partial charge in [-0.25, -0.2) is 0 Å². The molecule has 0 fully saturated rings. The van der Waals surface area contributed by atoms with Crippen LogP contribution in [0, 0.1) is 0 Å². The predicted octanol–water partition coefficient (Wildman–Crippen LogP) is 2.34. The highest BCUT2D eigenvalue weighted by Gasteiger charge is 2.13. The summed E-state index contributed by atoms with van der Waals surface area (Å²) < 4.78 is 1.77. The molecule has 19 heavy (non-hydrogen) atoms. The number of aromatic nitrogens is 2. The van der Waals surface area contributed by atoms with Crippen molar-refractivity contribution in [2.24, 2.45) is 12.8 Å². The number of hydrogen-bond donors (Lipinski definition) is 1. The Morgan fingerprint density at radius 3 is 2.84 bits per heavy atom. The summed E-state index contributed by atoms with van der Waals surface area (Å²) in [6.45, 7) is 0.712. The van der Waals surface area contributed by atoms with Crippen molar-refractivity contribution >= 4 is 34.5 Å². The number of hydrogen-bond acceptors (Lipinski definition) is 3. The van der Waals surface area contributed by atoms with E-state index in [9.17, 15) is 0 Å². The molecular formula is C13H15ClN4S. The van der Waals surface area contributed by atoms with Crippen LogP contribution >= 0.6 is 23.8 Å². The molecule has 0 bridgehead atoms. The Labute approximate surface area is 122 Å². The van der Waals surface area contributed by atoms with Crippen molar-refractivity contribution in [2.45, 2.75) is 6.54 Å². The Kier molecular flexibility index (Phi) is 4.07. The van der Waals surface area contributed by atoms with E-state index in [1.54, 1.807) is 10.7 Å². The average molecular weight is 295 g/mol. The number of benzene rings is 1. The van der Waals surface area contributed by atoms with Gasteiger partial charge >= 0.3 is 0 Å². The normalized spacial score (nSPS) is 10.5. The van der Waals surface area contributed by atoms with Crippen LogP contribution in [0.5, 0.6) is 0 Å².